The monoisotopic (exact) mass is 339 g/mol. The van der Waals surface area contributed by atoms with E-state index in [0.29, 0.717) is 6.54 Å². The summed E-state index contributed by atoms with van der Waals surface area (Å²) in [6.45, 7) is 1.40. The number of amides is 1. The first-order valence-electron chi connectivity index (χ1n) is 6.80. The zero-order chi connectivity index (χ0) is 13.9. The van der Waals surface area contributed by atoms with E-state index in [0.717, 1.165) is 29.4 Å². The van der Waals surface area contributed by atoms with Crippen LogP contribution >= 0.6 is 24.8 Å². The number of pyridine rings is 1. The third-order valence-electron chi connectivity index (χ3n) is 3.61. The van der Waals surface area contributed by atoms with Gasteiger partial charge >= 0.3 is 0 Å². The summed E-state index contributed by atoms with van der Waals surface area (Å²) in [5, 5.41) is 1.07. The predicted octanol–water partition coefficient (Wildman–Crippen LogP) is 2.65. The number of carbonyl (C=O) groups is 1. The van der Waals surface area contributed by atoms with Gasteiger partial charge in [-0.25, -0.2) is 0 Å². The zero-order valence-electron chi connectivity index (χ0n) is 12.0. The third-order valence-corrected chi connectivity index (χ3v) is 3.61. The van der Waals surface area contributed by atoms with Gasteiger partial charge in [-0.3, -0.25) is 9.78 Å². The predicted molar refractivity (Wildman–Crippen MR) is 94.4 cm³/mol. The molecule has 1 aliphatic rings. The lowest BCUT2D eigenvalue weighted by molar-refractivity contribution is -0.124. The molecule has 2 N–H and O–H groups in total. The highest BCUT2D eigenvalue weighted by Gasteiger charge is 2.21. The Morgan fingerprint density at radius 3 is 2.77 bits per heavy atom. The molecule has 0 unspecified atom stereocenters. The molecule has 0 radical (unpaired) electrons. The van der Waals surface area contributed by atoms with Crippen LogP contribution in [0, 0.1) is 0 Å². The Bertz CT molecular complexity index is 670. The van der Waals surface area contributed by atoms with Gasteiger partial charge in [0, 0.05) is 42.4 Å². The molecule has 118 valence electrons. The van der Waals surface area contributed by atoms with Crippen LogP contribution in [-0.4, -0.2) is 34.9 Å². The fourth-order valence-corrected chi connectivity index (χ4v) is 2.52. The summed E-state index contributed by atoms with van der Waals surface area (Å²) in [6.07, 6.45) is 6.10. The number of nitrogens with two attached hydrogens (primary N) is 1. The molecule has 1 aliphatic heterocycles. The molecule has 1 fully saturated rings. The first-order chi connectivity index (χ1) is 9.74. The number of aromatic nitrogens is 1. The summed E-state index contributed by atoms with van der Waals surface area (Å²) < 4.78 is 0. The van der Waals surface area contributed by atoms with Crippen LogP contribution in [0.4, 0.5) is 0 Å². The van der Waals surface area contributed by atoms with Gasteiger partial charge in [-0.15, -0.1) is 24.8 Å². The quantitative estimate of drug-likeness (QED) is 0.855. The largest absolute Gasteiger partial charge is 0.338 e. The van der Waals surface area contributed by atoms with Crippen molar-refractivity contribution in [3.63, 3.8) is 0 Å². The second kappa shape index (κ2) is 8.13. The molecule has 1 amide bonds. The molecule has 0 aliphatic carbocycles. The number of carbonyl (C=O) groups excluding carboxylic acids is 1. The number of benzene rings is 1. The van der Waals surface area contributed by atoms with Crippen LogP contribution in [0.25, 0.3) is 17.0 Å². The fourth-order valence-electron chi connectivity index (χ4n) is 2.52. The highest BCUT2D eigenvalue weighted by molar-refractivity contribution is 5.95. The van der Waals surface area contributed by atoms with Gasteiger partial charge in [0.2, 0.25) is 5.91 Å². The average molecular weight is 340 g/mol. The molecule has 1 aromatic heterocycles. The average Bonchev–Trinajstić information content (AvgIpc) is 2.91. The number of hydrogen-bond acceptors (Lipinski definition) is 3. The van der Waals surface area contributed by atoms with E-state index in [1.165, 1.54) is 0 Å². The molecule has 1 atom stereocenters. The number of fused-ring (bicyclic) bond motifs is 1. The van der Waals surface area contributed by atoms with Gasteiger partial charge in [0.15, 0.2) is 0 Å². The topological polar surface area (TPSA) is 59.2 Å². The van der Waals surface area contributed by atoms with Gasteiger partial charge in [0.05, 0.1) is 5.52 Å². The van der Waals surface area contributed by atoms with Crippen LogP contribution in [0.15, 0.2) is 42.6 Å². The SMILES string of the molecule is Cl.Cl.N[C@@H]1CCN(C(=O)/C=C/c2cccc3cccnc23)C1. The van der Waals surface area contributed by atoms with E-state index < -0.39 is 0 Å². The van der Waals surface area contributed by atoms with Crippen LogP contribution in [0.5, 0.6) is 0 Å². The summed E-state index contributed by atoms with van der Waals surface area (Å²) >= 11 is 0. The first-order valence-corrected chi connectivity index (χ1v) is 6.80. The third kappa shape index (κ3) is 3.97. The maximum absolute atomic E-state index is 12.1. The molecule has 1 saturated heterocycles. The van der Waals surface area contributed by atoms with Crippen molar-refractivity contribution >= 4 is 47.7 Å². The van der Waals surface area contributed by atoms with Crippen LogP contribution in [0.3, 0.4) is 0 Å². The van der Waals surface area contributed by atoms with Crippen molar-refractivity contribution in [2.75, 3.05) is 13.1 Å². The van der Waals surface area contributed by atoms with E-state index in [9.17, 15) is 4.79 Å². The smallest absolute Gasteiger partial charge is 0.246 e. The van der Waals surface area contributed by atoms with Crippen LogP contribution < -0.4 is 5.73 Å². The fraction of sp³-hybridized carbons (Fsp3) is 0.250. The number of para-hydroxylation sites is 1. The Kier molecular flexibility index (Phi) is 6.81. The Hall–Kier alpha value is -1.62. The molecular formula is C16H19Cl2N3O. The number of rotatable bonds is 2. The number of halogens is 2. The van der Waals surface area contributed by atoms with E-state index >= 15 is 0 Å². The second-order valence-electron chi connectivity index (χ2n) is 5.09. The van der Waals surface area contributed by atoms with E-state index in [1.54, 1.807) is 17.2 Å². The van der Waals surface area contributed by atoms with Crippen molar-refractivity contribution in [3.05, 3.63) is 48.2 Å². The Morgan fingerprint density at radius 2 is 2.05 bits per heavy atom. The van der Waals surface area contributed by atoms with Crippen molar-refractivity contribution in [2.24, 2.45) is 5.73 Å². The minimum Gasteiger partial charge on any atom is -0.338 e. The van der Waals surface area contributed by atoms with Crippen LogP contribution in [-0.2, 0) is 4.79 Å². The first kappa shape index (κ1) is 18.4. The maximum Gasteiger partial charge on any atom is 0.246 e. The van der Waals surface area contributed by atoms with E-state index in [-0.39, 0.29) is 36.8 Å². The molecule has 4 nitrogen and oxygen atoms in total. The van der Waals surface area contributed by atoms with Crippen LogP contribution in [0.2, 0.25) is 0 Å². The van der Waals surface area contributed by atoms with Gasteiger partial charge < -0.3 is 10.6 Å². The summed E-state index contributed by atoms with van der Waals surface area (Å²) in [5.41, 5.74) is 7.69. The minimum absolute atomic E-state index is 0. The summed E-state index contributed by atoms with van der Waals surface area (Å²) in [7, 11) is 0. The van der Waals surface area contributed by atoms with Crippen molar-refractivity contribution in [1.82, 2.24) is 9.88 Å². The summed E-state index contributed by atoms with van der Waals surface area (Å²) in [6, 6.07) is 10.00. The standard InChI is InChI=1S/C16H17N3O.2ClH/c17-14-8-10-19(11-14)15(20)7-6-13-4-1-3-12-5-2-9-18-16(12)13;;/h1-7,9,14H,8,10-11,17H2;2*1H/b7-6+;;/t14-;;/m1../s1. The maximum atomic E-state index is 12.1. The van der Waals surface area contributed by atoms with Crippen molar-refractivity contribution in [3.8, 4) is 0 Å². The number of nitrogens with zero attached hydrogens (tertiary/aromatic N) is 2. The van der Waals surface area contributed by atoms with Gasteiger partial charge in [-0.05, 0) is 18.6 Å². The van der Waals surface area contributed by atoms with E-state index in [1.807, 2.05) is 36.4 Å². The molecular weight excluding hydrogens is 321 g/mol. The highest BCUT2D eigenvalue weighted by Crippen LogP contribution is 2.17. The van der Waals surface area contributed by atoms with Crippen LogP contribution in [0.1, 0.15) is 12.0 Å². The summed E-state index contributed by atoms with van der Waals surface area (Å²) in [4.78, 5) is 18.2. The number of likely N-dealkylation sites (tertiary alicyclic amines) is 1. The molecule has 0 saturated carbocycles. The Labute approximate surface area is 142 Å². The van der Waals surface area contributed by atoms with E-state index in [2.05, 4.69) is 4.98 Å². The van der Waals surface area contributed by atoms with Gasteiger partial charge in [-0.2, -0.15) is 0 Å². The van der Waals surface area contributed by atoms with Crippen molar-refractivity contribution in [2.45, 2.75) is 12.5 Å². The van der Waals surface area contributed by atoms with E-state index in [4.69, 9.17) is 5.73 Å². The molecule has 2 aromatic rings. The Balaban J connectivity index is 0.00000121. The molecule has 3 rings (SSSR count). The van der Waals surface area contributed by atoms with Crippen molar-refractivity contribution < 1.29 is 4.79 Å². The lowest BCUT2D eigenvalue weighted by Crippen LogP contribution is -2.30. The zero-order valence-corrected chi connectivity index (χ0v) is 13.6. The highest BCUT2D eigenvalue weighted by atomic mass is 35.5. The molecule has 0 bridgehead atoms. The normalized spacial score (nSPS) is 17.3. The molecule has 0 spiro atoms. The van der Waals surface area contributed by atoms with Gasteiger partial charge in [0.1, 0.15) is 0 Å². The molecule has 6 heteroatoms. The Morgan fingerprint density at radius 1 is 1.27 bits per heavy atom. The molecule has 22 heavy (non-hydrogen) atoms. The van der Waals surface area contributed by atoms with Gasteiger partial charge in [0.25, 0.3) is 0 Å². The summed E-state index contributed by atoms with van der Waals surface area (Å²) in [5.74, 6) is 0.0193. The van der Waals surface area contributed by atoms with Crippen molar-refractivity contribution in [1.29, 1.82) is 0 Å². The minimum atomic E-state index is 0. The van der Waals surface area contributed by atoms with Gasteiger partial charge in [-0.1, -0.05) is 24.3 Å². The lowest BCUT2D eigenvalue weighted by Gasteiger charge is -2.12. The number of hydrogen-bond donors (Lipinski definition) is 1. The molecule has 1 aromatic carbocycles. The second-order valence-corrected chi connectivity index (χ2v) is 5.09. The molecule has 2 heterocycles. The lowest BCUT2D eigenvalue weighted by atomic mass is 10.1.